The number of rotatable bonds is 23. The van der Waals surface area contributed by atoms with Crippen LogP contribution in [-0.2, 0) is 49.3 Å². The molecule has 33 heteroatoms. The van der Waals surface area contributed by atoms with E-state index in [1.54, 1.807) is 19.2 Å². The summed E-state index contributed by atoms with van der Waals surface area (Å²) in [7, 11) is 1.69. The summed E-state index contributed by atoms with van der Waals surface area (Å²) >= 11 is 1.36. The third kappa shape index (κ3) is 18.5. The van der Waals surface area contributed by atoms with Gasteiger partial charge in [-0.15, -0.1) is 10.2 Å². The summed E-state index contributed by atoms with van der Waals surface area (Å²) in [6.07, 6.45) is -6.70. The molecule has 0 saturated carbocycles. The van der Waals surface area contributed by atoms with Gasteiger partial charge >= 0.3 is 0 Å². The molecule has 1 aromatic heterocycles. The van der Waals surface area contributed by atoms with Gasteiger partial charge in [-0.3, -0.25) is 33.6 Å². The van der Waals surface area contributed by atoms with Crippen molar-refractivity contribution in [3.05, 3.63) is 77.9 Å². The predicted octanol–water partition coefficient (Wildman–Crippen LogP) is -1.19. The van der Waals surface area contributed by atoms with Crippen molar-refractivity contribution in [3.63, 3.8) is 0 Å². The minimum absolute atomic E-state index is 0.0121. The molecule has 7 unspecified atom stereocenters. The Morgan fingerprint density at radius 2 is 1.43 bits per heavy atom. The van der Waals surface area contributed by atoms with Crippen molar-refractivity contribution in [1.82, 2.24) is 46.6 Å². The molecule has 15 N–H and O–H groups in total. The van der Waals surface area contributed by atoms with Crippen LogP contribution in [0.25, 0.3) is 21.1 Å². The maximum Gasteiger partial charge on any atom is 0.261 e. The number of aliphatic imine (C=N–C) groups is 1. The lowest BCUT2D eigenvalue weighted by atomic mass is 9.99. The van der Waals surface area contributed by atoms with Gasteiger partial charge in [-0.05, 0) is 73.9 Å². The third-order valence-electron chi connectivity index (χ3n) is 15.2. The highest BCUT2D eigenvalue weighted by Crippen LogP contribution is 2.33. The number of carbonyl (C=O) groups is 7. The number of nitrogens with two attached hydrogens (primary N) is 1. The molecule has 90 heavy (non-hydrogen) atoms. The number of nitrogens with zero attached hydrogens (tertiary/aromatic N) is 5. The summed E-state index contributed by atoms with van der Waals surface area (Å²) in [5.41, 5.74) is 6.99. The van der Waals surface area contributed by atoms with E-state index in [1.165, 1.54) is 36.5 Å². The number of aliphatic hydroxyl groups excluding tert-OH is 6. The number of hydrogen-bond acceptors (Lipinski definition) is 25. The molecule has 13 atom stereocenters. The fraction of sp³-hybridized carbons (Fsp3) is 0.509. The number of carbonyl (C=O) groups excluding carboxylic acids is 7. The van der Waals surface area contributed by atoms with Crippen LogP contribution in [0.5, 0.6) is 17.2 Å². The number of hydrogen-bond donors (Lipinski definition) is 14. The molecule has 4 aromatic rings. The molecule has 31 nitrogen and oxygen atoms in total. The van der Waals surface area contributed by atoms with Crippen LogP contribution in [0.4, 0.5) is 0 Å². The van der Waals surface area contributed by atoms with Gasteiger partial charge in [0.05, 0.1) is 43.5 Å². The second-order valence-corrected chi connectivity index (χ2v) is 23.3. The Kier molecular flexibility index (Phi) is 25.9. The fourth-order valence-corrected chi connectivity index (χ4v) is 11.5. The number of phenols is 1. The summed E-state index contributed by atoms with van der Waals surface area (Å²) < 4.78 is 20.3. The van der Waals surface area contributed by atoms with Gasteiger partial charge in [0.1, 0.15) is 46.0 Å². The maximum atomic E-state index is 14.6. The van der Waals surface area contributed by atoms with Crippen molar-refractivity contribution in [3.8, 4) is 38.4 Å². The van der Waals surface area contributed by atoms with Gasteiger partial charge in [-0.2, -0.15) is 0 Å². The first-order valence-corrected chi connectivity index (χ1v) is 30.3. The molecule has 7 amide bonds. The Balaban J connectivity index is 1.14. The summed E-state index contributed by atoms with van der Waals surface area (Å²) in [6, 6.07) is 5.57. The Bertz CT molecular complexity index is 3110. The zero-order chi connectivity index (χ0) is 65.2. The minimum Gasteiger partial charge on any atom is -0.504 e. The molecule has 0 radical (unpaired) electrons. The minimum atomic E-state index is -2.23. The zero-order valence-electron chi connectivity index (χ0n) is 49.2. The number of benzene rings is 3. The zero-order valence-corrected chi connectivity index (χ0v) is 50.9. The standard InChI is InChI=1S/C57H75N11O20S2/c1-29-26-68-46(47(29)74)53(80)59-25-35(70)23-38(61-48(75)32-10-12-33(13-11-32)54-65-66-55(89-54)34-14-16-37(17-15-34)85-20-8-6-4-5-7-19-84-3)49(76)62-43(30(2)69)56(81)67-27-36(71)24-39(67)50(77)63-44(52(79)64-45(57(68)82)51(78)60-28-58)41(73)21-31-9-18-40(72)42(22-31)86-90-88-87-83/h9-18,22,28-30,35-36,38-39,41,43-47,51,69-74,78,83H,4-8,19-21,23-27H2,1-3H3,(H2,58,60)(H,59,80)(H,61,75)(H,62,76)(H,63,77)(H,64,79)/t29?,30?,35-,36?,38-,39?,41+,43?,44?,45-,46?,47-,51-/m0/s1. The SMILES string of the molecule is COCCCCCCCOc1ccc(-c2nnc(-c3ccc(C(=O)N[C@H]4C[C@H](O)CNC(=O)C5[C@@H](O)C(C)CN5C(=O)[C@H]([C@H](O)/N=C/N)NC(=O)C([C@H](O)Cc5ccc(O)c(OSOOO)c5)NC(=O)C5CC(O)CN5C(=O)C(C(C)O)NC4=O)cc3)s2)cc1. The van der Waals surface area contributed by atoms with E-state index in [1.807, 2.05) is 24.3 Å². The van der Waals surface area contributed by atoms with Crippen molar-refractivity contribution in [2.24, 2.45) is 16.6 Å². The van der Waals surface area contributed by atoms with Crippen molar-refractivity contribution < 1.29 is 97.6 Å². The number of ether oxygens (including phenoxy) is 2. The van der Waals surface area contributed by atoms with Gasteiger partial charge in [-0.1, -0.05) is 65.1 Å². The molecule has 0 spiro atoms. The van der Waals surface area contributed by atoms with Gasteiger partial charge in [0.15, 0.2) is 23.8 Å². The molecule has 490 valence electrons. The van der Waals surface area contributed by atoms with Gasteiger partial charge in [0.2, 0.25) is 29.5 Å². The van der Waals surface area contributed by atoms with Gasteiger partial charge in [0.25, 0.3) is 24.1 Å². The Morgan fingerprint density at radius 3 is 2.09 bits per heavy atom. The normalized spacial score (nSPS) is 25.0. The second kappa shape index (κ2) is 33.4. The first-order chi connectivity index (χ1) is 43.1. The summed E-state index contributed by atoms with van der Waals surface area (Å²) in [5, 5.41) is 112. The van der Waals surface area contributed by atoms with E-state index < -0.39 is 158 Å². The smallest absolute Gasteiger partial charge is 0.261 e. The number of β-amino-alcohol motifs (C(OH)–C–C–N with tert-alkyl or cyclic N) is 1. The van der Waals surface area contributed by atoms with Crippen LogP contribution in [0.2, 0.25) is 0 Å². The van der Waals surface area contributed by atoms with E-state index in [0.717, 1.165) is 78.9 Å². The van der Waals surface area contributed by atoms with Crippen LogP contribution >= 0.6 is 23.7 Å². The van der Waals surface area contributed by atoms with E-state index >= 15 is 0 Å². The molecule has 0 bridgehead atoms. The Hall–Kier alpha value is -7.67. The lowest BCUT2D eigenvalue weighted by Gasteiger charge is -2.33. The van der Waals surface area contributed by atoms with Gasteiger partial charge in [0, 0.05) is 75.2 Å². The van der Waals surface area contributed by atoms with Crippen LogP contribution < -0.4 is 41.2 Å². The van der Waals surface area contributed by atoms with E-state index in [9.17, 15) is 69.3 Å². The van der Waals surface area contributed by atoms with E-state index in [-0.39, 0.29) is 35.7 Å². The number of aromatic nitrogens is 2. The molecule has 3 fully saturated rings. The number of aromatic hydroxyl groups is 1. The number of nitrogens with one attached hydrogen (secondary N) is 5. The van der Waals surface area contributed by atoms with Crippen LogP contribution in [-0.4, -0.2) is 222 Å². The summed E-state index contributed by atoms with van der Waals surface area (Å²) in [6.45, 7) is 2.31. The average molecular weight is 1300 g/mol. The second-order valence-electron chi connectivity index (χ2n) is 21.9. The first kappa shape index (κ1) is 69.8. The van der Waals surface area contributed by atoms with E-state index in [0.29, 0.717) is 28.5 Å². The summed E-state index contributed by atoms with van der Waals surface area (Å²) in [5.74, 6) is -8.97. The van der Waals surface area contributed by atoms with Crippen molar-refractivity contribution in [2.75, 3.05) is 40.0 Å². The van der Waals surface area contributed by atoms with Crippen molar-refractivity contribution in [1.29, 1.82) is 0 Å². The third-order valence-corrected chi connectivity index (χ3v) is 16.6. The molecular weight excluding hydrogens is 1220 g/mol. The van der Waals surface area contributed by atoms with Crippen molar-refractivity contribution in [2.45, 2.75) is 138 Å². The maximum absolute atomic E-state index is 14.6. The Labute approximate surface area is 524 Å². The number of fused-ring (bicyclic) bond motifs is 2. The quantitative estimate of drug-likeness (QED) is 0.0104. The largest absolute Gasteiger partial charge is 0.504 e. The molecule has 3 aliphatic rings. The predicted molar refractivity (Wildman–Crippen MR) is 320 cm³/mol. The molecule has 0 aliphatic carbocycles. The molecule has 7 rings (SSSR count). The van der Waals surface area contributed by atoms with E-state index in [4.69, 9.17) is 24.6 Å². The van der Waals surface area contributed by atoms with E-state index in [2.05, 4.69) is 51.1 Å². The number of phenolic OH excluding ortho intramolecular Hbond substituents is 1. The number of aliphatic hydroxyl groups is 6. The monoisotopic (exact) mass is 1300 g/mol. The highest BCUT2D eigenvalue weighted by Gasteiger charge is 2.50. The van der Waals surface area contributed by atoms with Crippen LogP contribution in [0, 0.1) is 5.92 Å². The highest BCUT2D eigenvalue weighted by atomic mass is 32.2. The van der Waals surface area contributed by atoms with Crippen molar-refractivity contribution >= 4 is 71.3 Å². The molecule has 4 heterocycles. The van der Waals surface area contributed by atoms with Crippen LogP contribution in [0.15, 0.2) is 71.7 Å². The highest BCUT2D eigenvalue weighted by molar-refractivity contribution is 7.90. The fourth-order valence-electron chi connectivity index (χ4n) is 10.4. The lowest BCUT2D eigenvalue weighted by Crippen LogP contribution is -2.64. The van der Waals surface area contributed by atoms with Gasteiger partial charge in [-0.25, -0.2) is 10.2 Å². The molecule has 3 aromatic carbocycles. The number of amides is 7. The first-order valence-electron chi connectivity index (χ1n) is 28.8. The lowest BCUT2D eigenvalue weighted by molar-refractivity contribution is -0.433. The summed E-state index contributed by atoms with van der Waals surface area (Å²) in [4.78, 5) is 106. The molecule has 3 aliphatic heterocycles. The topological polar surface area (TPSA) is 458 Å². The Morgan fingerprint density at radius 1 is 0.800 bits per heavy atom. The van der Waals surface area contributed by atoms with Crippen LogP contribution in [0.1, 0.15) is 74.7 Å². The van der Waals surface area contributed by atoms with Gasteiger partial charge < -0.3 is 91.5 Å². The molecule has 3 saturated heterocycles. The number of methoxy groups -OCH3 is 1. The number of unbranched alkanes of at least 4 members (excludes halogenated alkanes) is 4. The average Bonchev–Trinajstić information content (AvgIpc) is 1.79. The molecular formula is C57H75N11O20S2. The van der Waals surface area contributed by atoms with Crippen LogP contribution in [0.3, 0.4) is 0 Å².